The SMILES string of the molecule is COc1ccc2c(c1)C(=O)N(C[C@@]1(C#Cc3cncc(C4=CCN=C4)c3)CC(=O)NC1=O)C2. The Balaban J connectivity index is 1.45. The normalized spacial score (nSPS) is 20.9. The number of benzene rings is 1. The van der Waals surface area contributed by atoms with E-state index in [4.69, 9.17) is 4.74 Å². The summed E-state index contributed by atoms with van der Waals surface area (Å²) in [5.41, 5.74) is 2.50. The molecule has 0 aliphatic carbocycles. The molecule has 8 heteroatoms. The van der Waals surface area contributed by atoms with Crippen molar-refractivity contribution in [3.8, 4) is 17.6 Å². The van der Waals surface area contributed by atoms with Crippen LogP contribution in [0, 0.1) is 17.3 Å². The Morgan fingerprint density at radius 2 is 2.09 bits per heavy atom. The number of imide groups is 1. The van der Waals surface area contributed by atoms with Crippen molar-refractivity contribution in [2.45, 2.75) is 13.0 Å². The van der Waals surface area contributed by atoms with Gasteiger partial charge in [-0.1, -0.05) is 24.0 Å². The average molecular weight is 440 g/mol. The second-order valence-electron chi connectivity index (χ2n) is 8.19. The molecule has 1 aromatic carbocycles. The Hall–Kier alpha value is -4.25. The van der Waals surface area contributed by atoms with Crippen molar-refractivity contribution in [1.29, 1.82) is 0 Å². The van der Waals surface area contributed by atoms with E-state index in [9.17, 15) is 14.4 Å². The molecule has 2 aromatic rings. The van der Waals surface area contributed by atoms with E-state index in [0.717, 1.165) is 16.7 Å². The van der Waals surface area contributed by atoms with Crippen molar-refractivity contribution in [3.63, 3.8) is 0 Å². The van der Waals surface area contributed by atoms with E-state index >= 15 is 0 Å². The van der Waals surface area contributed by atoms with Gasteiger partial charge in [0, 0.05) is 48.4 Å². The van der Waals surface area contributed by atoms with Crippen molar-refractivity contribution >= 4 is 29.5 Å². The quantitative estimate of drug-likeness (QED) is 0.575. The number of nitrogens with zero attached hydrogens (tertiary/aromatic N) is 3. The molecule has 1 saturated heterocycles. The van der Waals surface area contributed by atoms with Gasteiger partial charge in [-0.2, -0.15) is 0 Å². The molecule has 1 N–H and O–H groups in total. The number of methoxy groups -OCH3 is 1. The zero-order valence-corrected chi connectivity index (χ0v) is 17.9. The number of amides is 3. The number of hydrogen-bond acceptors (Lipinski definition) is 6. The lowest BCUT2D eigenvalue weighted by molar-refractivity contribution is -0.127. The van der Waals surface area contributed by atoms with Crippen LogP contribution in [0.5, 0.6) is 5.75 Å². The first-order chi connectivity index (χ1) is 16.0. The van der Waals surface area contributed by atoms with Crippen LogP contribution in [-0.4, -0.2) is 54.0 Å². The van der Waals surface area contributed by atoms with Gasteiger partial charge in [0.25, 0.3) is 5.91 Å². The van der Waals surface area contributed by atoms with Crippen molar-refractivity contribution in [2.24, 2.45) is 10.4 Å². The third-order valence-corrected chi connectivity index (χ3v) is 5.97. The fraction of sp³-hybridized carbons (Fsp3) is 0.240. The van der Waals surface area contributed by atoms with Gasteiger partial charge in [-0.3, -0.25) is 29.7 Å². The number of hydrogen-bond donors (Lipinski definition) is 1. The maximum Gasteiger partial charge on any atom is 0.254 e. The highest BCUT2D eigenvalue weighted by Gasteiger charge is 2.48. The second kappa shape index (κ2) is 8.02. The van der Waals surface area contributed by atoms with Crippen LogP contribution >= 0.6 is 0 Å². The minimum Gasteiger partial charge on any atom is -0.497 e. The average Bonchev–Trinajstić information content (AvgIpc) is 3.52. The molecule has 3 aliphatic heterocycles. The van der Waals surface area contributed by atoms with E-state index in [1.807, 2.05) is 18.2 Å². The Labute approximate surface area is 190 Å². The number of carbonyl (C=O) groups is 3. The van der Waals surface area contributed by atoms with Crippen molar-refractivity contribution in [1.82, 2.24) is 15.2 Å². The maximum atomic E-state index is 13.0. The summed E-state index contributed by atoms with van der Waals surface area (Å²) in [6, 6.07) is 7.19. The number of aliphatic imine (C=N–C) groups is 1. The third-order valence-electron chi connectivity index (χ3n) is 5.97. The molecule has 8 nitrogen and oxygen atoms in total. The highest BCUT2D eigenvalue weighted by molar-refractivity contribution is 6.11. The highest BCUT2D eigenvalue weighted by Crippen LogP contribution is 2.33. The lowest BCUT2D eigenvalue weighted by Crippen LogP contribution is -2.42. The summed E-state index contributed by atoms with van der Waals surface area (Å²) >= 11 is 0. The predicted octanol–water partition coefficient (Wildman–Crippen LogP) is 1.60. The molecular formula is C25H20N4O4. The first kappa shape index (κ1) is 20.6. The van der Waals surface area contributed by atoms with Crippen LogP contribution in [-0.2, 0) is 16.1 Å². The van der Waals surface area contributed by atoms with Crippen molar-refractivity contribution in [3.05, 3.63) is 65.0 Å². The Morgan fingerprint density at radius 1 is 1.21 bits per heavy atom. The first-order valence-corrected chi connectivity index (χ1v) is 10.5. The number of aromatic nitrogens is 1. The topological polar surface area (TPSA) is 101 Å². The number of fused-ring (bicyclic) bond motifs is 1. The molecule has 0 radical (unpaired) electrons. The van der Waals surface area contributed by atoms with E-state index in [0.29, 0.717) is 30.0 Å². The molecule has 3 aliphatic rings. The standard InChI is InChI=1S/C25H20N4O4/c1-33-20-3-2-18-14-29(23(31)21(18)9-20)15-25(10-22(30)28-24(25)32)6-4-16-8-19(13-27-11-16)17-5-7-26-12-17/h2-3,5,8-9,11-13H,7,10,14-15H2,1H3,(H,28,30,32)/t25-/m1/s1. The van der Waals surface area contributed by atoms with Gasteiger partial charge in [0.15, 0.2) is 0 Å². The largest absolute Gasteiger partial charge is 0.497 e. The summed E-state index contributed by atoms with van der Waals surface area (Å²) in [6.07, 6.45) is 7.00. The molecule has 3 amide bonds. The van der Waals surface area contributed by atoms with Gasteiger partial charge >= 0.3 is 0 Å². The molecule has 1 fully saturated rings. The number of allylic oxidation sites excluding steroid dienone is 1. The molecular weight excluding hydrogens is 420 g/mol. The van der Waals surface area contributed by atoms with Crippen LogP contribution < -0.4 is 10.1 Å². The monoisotopic (exact) mass is 440 g/mol. The molecule has 0 unspecified atom stereocenters. The van der Waals surface area contributed by atoms with E-state index in [1.54, 1.807) is 35.6 Å². The molecule has 5 rings (SSSR count). The van der Waals surface area contributed by atoms with Gasteiger partial charge in [0.1, 0.15) is 11.2 Å². The van der Waals surface area contributed by atoms with E-state index < -0.39 is 17.2 Å². The Bertz CT molecular complexity index is 1320. The van der Waals surface area contributed by atoms with E-state index in [1.165, 1.54) is 7.11 Å². The van der Waals surface area contributed by atoms with Gasteiger partial charge in [-0.05, 0) is 29.3 Å². The van der Waals surface area contributed by atoms with Crippen LogP contribution in [0.4, 0.5) is 0 Å². The second-order valence-corrected chi connectivity index (χ2v) is 8.19. The van der Waals surface area contributed by atoms with Crippen LogP contribution in [0.1, 0.15) is 33.5 Å². The first-order valence-electron chi connectivity index (χ1n) is 10.5. The van der Waals surface area contributed by atoms with Crippen molar-refractivity contribution < 1.29 is 19.1 Å². The lowest BCUT2D eigenvalue weighted by atomic mass is 9.85. The Kier molecular flexibility index (Phi) is 5.02. The predicted molar refractivity (Wildman–Crippen MR) is 120 cm³/mol. The van der Waals surface area contributed by atoms with Crippen LogP contribution in [0.2, 0.25) is 0 Å². The molecule has 0 spiro atoms. The number of pyridine rings is 1. The summed E-state index contributed by atoms with van der Waals surface area (Å²) in [4.78, 5) is 48.0. The van der Waals surface area contributed by atoms with Crippen LogP contribution in [0.3, 0.4) is 0 Å². The summed E-state index contributed by atoms with van der Waals surface area (Å²) in [5.74, 6) is 5.50. The zero-order valence-electron chi connectivity index (χ0n) is 17.9. The molecule has 0 bridgehead atoms. The fourth-order valence-electron chi connectivity index (χ4n) is 4.24. The third kappa shape index (κ3) is 3.78. The van der Waals surface area contributed by atoms with Gasteiger partial charge in [-0.25, -0.2) is 0 Å². The van der Waals surface area contributed by atoms with E-state index in [-0.39, 0.29) is 18.9 Å². The van der Waals surface area contributed by atoms with Gasteiger partial charge in [0.05, 0.1) is 20.1 Å². The van der Waals surface area contributed by atoms with Gasteiger partial charge in [-0.15, -0.1) is 0 Å². The molecule has 1 aromatic heterocycles. The lowest BCUT2D eigenvalue weighted by Gasteiger charge is -2.25. The molecule has 33 heavy (non-hydrogen) atoms. The Morgan fingerprint density at radius 3 is 2.82 bits per heavy atom. The van der Waals surface area contributed by atoms with Gasteiger partial charge < -0.3 is 9.64 Å². The molecule has 164 valence electrons. The van der Waals surface area contributed by atoms with E-state index in [2.05, 4.69) is 27.1 Å². The van der Waals surface area contributed by atoms with Gasteiger partial charge in [0.2, 0.25) is 11.8 Å². The number of ether oxygens (including phenoxy) is 1. The summed E-state index contributed by atoms with van der Waals surface area (Å²) in [6.45, 7) is 0.987. The van der Waals surface area contributed by atoms with Crippen molar-refractivity contribution in [2.75, 3.05) is 20.2 Å². The fourth-order valence-corrected chi connectivity index (χ4v) is 4.24. The summed E-state index contributed by atoms with van der Waals surface area (Å²) in [5, 5.41) is 2.35. The minimum atomic E-state index is -1.33. The molecule has 1 atom stereocenters. The number of carbonyl (C=O) groups excluding carboxylic acids is 3. The number of nitrogens with one attached hydrogen (secondary N) is 1. The molecule has 0 saturated carbocycles. The summed E-state index contributed by atoms with van der Waals surface area (Å²) in [7, 11) is 1.54. The molecule has 4 heterocycles. The number of rotatable bonds is 4. The van der Waals surface area contributed by atoms with Crippen LogP contribution in [0.15, 0.2) is 47.7 Å². The highest BCUT2D eigenvalue weighted by atomic mass is 16.5. The smallest absolute Gasteiger partial charge is 0.254 e. The zero-order chi connectivity index (χ0) is 23.0. The minimum absolute atomic E-state index is 0.0122. The summed E-state index contributed by atoms with van der Waals surface area (Å²) < 4.78 is 5.22. The maximum absolute atomic E-state index is 13.0. The van der Waals surface area contributed by atoms with Crippen LogP contribution in [0.25, 0.3) is 5.57 Å².